The average Bonchev–Trinajstić information content (AvgIpc) is 2.97. The number of aliphatic imine (C=N–C) groups is 1. The molecule has 9 heteroatoms. The number of hydrogen-bond donors (Lipinski definition) is 3. The number of thioether (sulfide) groups is 1. The highest BCUT2D eigenvalue weighted by molar-refractivity contribution is 8.14. The summed E-state index contributed by atoms with van der Waals surface area (Å²) in [4.78, 5) is 36.8. The van der Waals surface area contributed by atoms with Crippen LogP contribution in [0.3, 0.4) is 0 Å². The van der Waals surface area contributed by atoms with Crippen molar-refractivity contribution in [1.29, 1.82) is 0 Å². The van der Waals surface area contributed by atoms with E-state index in [2.05, 4.69) is 21.1 Å². The van der Waals surface area contributed by atoms with E-state index in [-0.39, 0.29) is 22.6 Å². The van der Waals surface area contributed by atoms with Crippen molar-refractivity contribution < 1.29 is 14.4 Å². The van der Waals surface area contributed by atoms with Gasteiger partial charge in [0.1, 0.15) is 12.5 Å². The Morgan fingerprint density at radius 3 is 3.00 bits per heavy atom. The summed E-state index contributed by atoms with van der Waals surface area (Å²) in [5, 5.41) is 7.46. The third-order valence-corrected chi connectivity index (χ3v) is 4.15. The predicted molar refractivity (Wildman–Crippen MR) is 74.8 cm³/mol. The lowest BCUT2D eigenvalue weighted by Crippen LogP contribution is -2.58. The van der Waals surface area contributed by atoms with Crippen molar-refractivity contribution in [3.05, 3.63) is 0 Å². The minimum absolute atomic E-state index is 0.0457. The summed E-state index contributed by atoms with van der Waals surface area (Å²) in [5.41, 5.74) is 3.14. The summed E-state index contributed by atoms with van der Waals surface area (Å²) in [6.07, 6.45) is 2.86. The van der Waals surface area contributed by atoms with Crippen molar-refractivity contribution in [2.24, 2.45) is 4.99 Å². The lowest BCUT2D eigenvalue weighted by Gasteiger charge is -2.28. The highest BCUT2D eigenvalue weighted by Gasteiger charge is 2.36. The van der Waals surface area contributed by atoms with Gasteiger partial charge in [0.15, 0.2) is 11.3 Å². The second kappa shape index (κ2) is 6.82. The standard InChI is InChI=1S/C11H17N5O3S/c1-7(19)20-9-2-8(4-17)16(3-9)15-11-10(14-6-18)12-5-13-11/h4-6,8-11,15H,2-3H2,1H3,(H,12,13)(H,14,18)/t8-,9-,10?,11?/m0/s1. The Bertz CT molecular complexity index is 419. The smallest absolute Gasteiger partial charge is 0.208 e. The van der Waals surface area contributed by atoms with Gasteiger partial charge < -0.3 is 15.4 Å². The van der Waals surface area contributed by atoms with Crippen LogP contribution in [0.5, 0.6) is 0 Å². The third kappa shape index (κ3) is 3.56. The van der Waals surface area contributed by atoms with Crippen molar-refractivity contribution >= 4 is 35.9 Å². The number of nitrogens with zero attached hydrogens (tertiary/aromatic N) is 2. The van der Waals surface area contributed by atoms with Crippen LogP contribution >= 0.6 is 11.8 Å². The van der Waals surface area contributed by atoms with E-state index in [1.165, 1.54) is 25.0 Å². The molecule has 0 aromatic heterocycles. The largest absolute Gasteiger partial charge is 0.357 e. The fourth-order valence-electron chi connectivity index (χ4n) is 2.30. The Kier molecular flexibility index (Phi) is 5.10. The Morgan fingerprint density at radius 1 is 1.55 bits per heavy atom. The van der Waals surface area contributed by atoms with E-state index >= 15 is 0 Å². The van der Waals surface area contributed by atoms with E-state index in [1.54, 1.807) is 5.01 Å². The Hall–Kier alpha value is -1.45. The second-order valence-corrected chi connectivity index (χ2v) is 6.08. The van der Waals surface area contributed by atoms with Gasteiger partial charge in [-0.2, -0.15) is 0 Å². The molecule has 1 saturated heterocycles. The molecule has 1 fully saturated rings. The maximum atomic E-state index is 11.1. The number of carbonyl (C=O) groups excluding carboxylic acids is 3. The zero-order chi connectivity index (χ0) is 14.5. The maximum Gasteiger partial charge on any atom is 0.208 e. The van der Waals surface area contributed by atoms with Crippen LogP contribution < -0.4 is 16.1 Å². The molecule has 3 N–H and O–H groups in total. The van der Waals surface area contributed by atoms with Crippen LogP contribution in [0.1, 0.15) is 13.3 Å². The first-order valence-corrected chi connectivity index (χ1v) is 7.14. The third-order valence-electron chi connectivity index (χ3n) is 3.14. The molecule has 0 saturated carbocycles. The van der Waals surface area contributed by atoms with Crippen molar-refractivity contribution in [2.45, 2.75) is 37.0 Å². The van der Waals surface area contributed by atoms with E-state index in [1.807, 2.05) is 0 Å². The van der Waals surface area contributed by atoms with Crippen LogP contribution in [0.2, 0.25) is 0 Å². The molecule has 0 aliphatic carbocycles. The van der Waals surface area contributed by atoms with E-state index in [0.29, 0.717) is 19.4 Å². The summed E-state index contributed by atoms with van der Waals surface area (Å²) in [6.45, 7) is 2.10. The number of amides is 1. The van der Waals surface area contributed by atoms with Gasteiger partial charge in [-0.25, -0.2) is 15.4 Å². The summed E-state index contributed by atoms with van der Waals surface area (Å²) in [6, 6.07) is -0.286. The first kappa shape index (κ1) is 14.9. The van der Waals surface area contributed by atoms with Gasteiger partial charge in [0, 0.05) is 18.7 Å². The monoisotopic (exact) mass is 299 g/mol. The fourth-order valence-corrected chi connectivity index (χ4v) is 3.30. The first-order valence-electron chi connectivity index (χ1n) is 6.26. The number of hydrogen-bond acceptors (Lipinski definition) is 8. The average molecular weight is 299 g/mol. The fraction of sp³-hybridized carbons (Fsp3) is 0.636. The zero-order valence-corrected chi connectivity index (χ0v) is 11.8. The van der Waals surface area contributed by atoms with Crippen molar-refractivity contribution in [2.75, 3.05) is 6.54 Å². The minimum atomic E-state index is -0.417. The van der Waals surface area contributed by atoms with Gasteiger partial charge in [-0.1, -0.05) is 11.8 Å². The van der Waals surface area contributed by atoms with Crippen LogP contribution in [0.25, 0.3) is 0 Å². The lowest BCUT2D eigenvalue weighted by molar-refractivity contribution is -0.113. The van der Waals surface area contributed by atoms with E-state index < -0.39 is 6.17 Å². The Labute approximate surface area is 120 Å². The SMILES string of the molecule is CC(=O)S[C@H]1C[C@@H](C=O)N(NC2NC=NC2NC=O)C1. The van der Waals surface area contributed by atoms with Gasteiger partial charge in [-0.05, 0) is 6.42 Å². The normalized spacial score (nSPS) is 32.9. The van der Waals surface area contributed by atoms with Gasteiger partial charge in [-0.3, -0.25) is 9.59 Å². The molecule has 2 unspecified atom stereocenters. The molecule has 2 rings (SSSR count). The predicted octanol–water partition coefficient (Wildman–Crippen LogP) is -1.56. The van der Waals surface area contributed by atoms with Crippen molar-refractivity contribution in [1.82, 2.24) is 21.1 Å². The molecular formula is C11H17N5O3S. The number of nitrogens with one attached hydrogen (secondary N) is 3. The molecule has 20 heavy (non-hydrogen) atoms. The van der Waals surface area contributed by atoms with E-state index in [0.717, 1.165) is 6.29 Å². The molecule has 0 bridgehead atoms. The first-order chi connectivity index (χ1) is 9.63. The summed E-state index contributed by atoms with van der Waals surface area (Å²) >= 11 is 1.25. The molecule has 0 aromatic rings. The zero-order valence-electron chi connectivity index (χ0n) is 11.0. The summed E-state index contributed by atoms with van der Waals surface area (Å²) in [5.74, 6) is 0. The molecule has 2 aliphatic heterocycles. The number of carbonyl (C=O) groups is 3. The van der Waals surface area contributed by atoms with E-state index in [9.17, 15) is 14.4 Å². The Balaban J connectivity index is 1.92. The number of rotatable bonds is 6. The summed E-state index contributed by atoms with van der Waals surface area (Å²) in [7, 11) is 0. The van der Waals surface area contributed by atoms with Crippen LogP contribution in [-0.2, 0) is 14.4 Å². The molecule has 110 valence electrons. The van der Waals surface area contributed by atoms with Crippen LogP contribution in [0.4, 0.5) is 0 Å². The van der Waals surface area contributed by atoms with Crippen LogP contribution in [-0.4, -0.2) is 59.3 Å². The van der Waals surface area contributed by atoms with Crippen molar-refractivity contribution in [3.8, 4) is 0 Å². The molecule has 0 spiro atoms. The molecule has 0 radical (unpaired) electrons. The van der Waals surface area contributed by atoms with Crippen LogP contribution in [0.15, 0.2) is 4.99 Å². The van der Waals surface area contributed by atoms with E-state index in [4.69, 9.17) is 0 Å². The number of aldehydes is 1. The maximum absolute atomic E-state index is 11.1. The van der Waals surface area contributed by atoms with Gasteiger partial charge in [-0.15, -0.1) is 0 Å². The highest BCUT2D eigenvalue weighted by atomic mass is 32.2. The molecule has 4 atom stereocenters. The molecule has 2 heterocycles. The molecule has 8 nitrogen and oxygen atoms in total. The summed E-state index contributed by atoms with van der Waals surface area (Å²) < 4.78 is 0. The van der Waals surface area contributed by atoms with Gasteiger partial charge in [0.05, 0.1) is 12.4 Å². The van der Waals surface area contributed by atoms with Gasteiger partial charge in [0.2, 0.25) is 6.41 Å². The minimum Gasteiger partial charge on any atom is -0.357 e. The topological polar surface area (TPSA) is 103 Å². The van der Waals surface area contributed by atoms with Crippen molar-refractivity contribution in [3.63, 3.8) is 0 Å². The lowest BCUT2D eigenvalue weighted by atomic mass is 10.2. The highest BCUT2D eigenvalue weighted by Crippen LogP contribution is 2.26. The quantitative estimate of drug-likeness (QED) is 0.510. The molecule has 2 aliphatic rings. The van der Waals surface area contributed by atoms with Gasteiger partial charge in [0.25, 0.3) is 0 Å². The number of hydrazine groups is 1. The molecular weight excluding hydrogens is 282 g/mol. The van der Waals surface area contributed by atoms with Gasteiger partial charge >= 0.3 is 0 Å². The molecule has 0 aromatic carbocycles. The molecule has 1 amide bonds. The Morgan fingerprint density at radius 2 is 2.35 bits per heavy atom. The van der Waals surface area contributed by atoms with Crippen LogP contribution in [0, 0.1) is 0 Å². The second-order valence-electron chi connectivity index (χ2n) is 4.60.